The van der Waals surface area contributed by atoms with Crippen LogP contribution in [0.2, 0.25) is 0 Å². The number of carbonyl (C=O) groups is 1. The summed E-state index contributed by atoms with van der Waals surface area (Å²) in [5.74, 6) is 5.03. The molecule has 1 amide bonds. The lowest BCUT2D eigenvalue weighted by molar-refractivity contribution is -0.118. The van der Waals surface area contributed by atoms with Crippen LogP contribution in [0.4, 0.5) is 10.2 Å². The normalized spacial score (nSPS) is 17.1. The Hall–Kier alpha value is -3.45. The van der Waals surface area contributed by atoms with Gasteiger partial charge in [0.15, 0.2) is 18.2 Å². The van der Waals surface area contributed by atoms with Crippen molar-refractivity contribution in [2.75, 3.05) is 45.2 Å². The number of aromatic nitrogens is 3. The lowest BCUT2D eigenvalue weighted by Gasteiger charge is -2.18. The molecule has 5 heterocycles. The summed E-state index contributed by atoms with van der Waals surface area (Å²) in [6.45, 7) is 4.20. The molecule has 5 N–H and O–H groups in total. The van der Waals surface area contributed by atoms with E-state index in [2.05, 4.69) is 36.4 Å². The highest BCUT2D eigenvalue weighted by Crippen LogP contribution is 2.26. The van der Waals surface area contributed by atoms with Gasteiger partial charge < -0.3 is 30.2 Å². The largest absolute Gasteiger partial charge is 0.481 e. The van der Waals surface area contributed by atoms with Gasteiger partial charge in [0.1, 0.15) is 5.82 Å². The molecule has 2 aliphatic rings. The van der Waals surface area contributed by atoms with E-state index in [9.17, 15) is 9.18 Å². The predicted octanol–water partition coefficient (Wildman–Crippen LogP) is 1.49. The second-order valence-electron chi connectivity index (χ2n) is 8.63. The van der Waals surface area contributed by atoms with Crippen LogP contribution in [0, 0.1) is 11.7 Å². The Labute approximate surface area is 207 Å². The minimum Gasteiger partial charge on any atom is -0.481 e. The first-order valence-corrected chi connectivity index (χ1v) is 11.7. The van der Waals surface area contributed by atoms with Crippen LogP contribution in [0.15, 0.2) is 30.5 Å². The van der Waals surface area contributed by atoms with Gasteiger partial charge in [0, 0.05) is 31.3 Å². The number of hydrogen-bond donors (Lipinski definition) is 4. The minimum atomic E-state index is -0.329. The minimum absolute atomic E-state index is 0.0270. The number of nitrogens with zero attached hydrogens (tertiary/aromatic N) is 4. The number of amides is 1. The molecule has 0 spiro atoms. The van der Waals surface area contributed by atoms with Gasteiger partial charge >= 0.3 is 0 Å². The van der Waals surface area contributed by atoms with Crippen molar-refractivity contribution in [3.05, 3.63) is 47.5 Å². The Kier molecular flexibility index (Phi) is 8.54. The maximum absolute atomic E-state index is 14.6. The van der Waals surface area contributed by atoms with Crippen molar-refractivity contribution in [3.8, 4) is 11.6 Å². The molecular formula is C24H30FN7O4. The van der Waals surface area contributed by atoms with Crippen LogP contribution in [-0.2, 0) is 17.8 Å². The van der Waals surface area contributed by atoms with Crippen LogP contribution in [-0.4, -0.2) is 70.9 Å². The SMILES string of the molecule is COc1ccc2ncc(F)c(CCN3CC[C@H](CNCc4ccc5c(n4)NC(=O)CO5)C3)c2n1.NO. The maximum Gasteiger partial charge on any atom is 0.263 e. The number of halogens is 1. The van der Waals surface area contributed by atoms with E-state index < -0.39 is 0 Å². The molecule has 0 radical (unpaired) electrons. The van der Waals surface area contributed by atoms with Crippen LogP contribution in [0.1, 0.15) is 17.7 Å². The van der Waals surface area contributed by atoms with E-state index in [0.29, 0.717) is 52.9 Å². The number of carbonyl (C=O) groups excluding carboxylic acids is 1. The van der Waals surface area contributed by atoms with Crippen molar-refractivity contribution in [3.63, 3.8) is 0 Å². The van der Waals surface area contributed by atoms with E-state index in [1.807, 2.05) is 12.1 Å². The molecule has 0 unspecified atom stereocenters. The molecule has 5 rings (SSSR count). The number of nitrogens with one attached hydrogen (secondary N) is 2. The van der Waals surface area contributed by atoms with Gasteiger partial charge in [0.25, 0.3) is 5.91 Å². The molecule has 1 saturated heterocycles. The monoisotopic (exact) mass is 499 g/mol. The van der Waals surface area contributed by atoms with Crippen molar-refractivity contribution in [1.82, 2.24) is 25.2 Å². The fraction of sp³-hybridized carbons (Fsp3) is 0.417. The highest BCUT2D eigenvalue weighted by molar-refractivity contribution is 5.94. The van der Waals surface area contributed by atoms with Crippen molar-refractivity contribution >= 4 is 22.8 Å². The van der Waals surface area contributed by atoms with Crippen LogP contribution in [0.3, 0.4) is 0 Å². The molecule has 1 fully saturated rings. The first-order chi connectivity index (χ1) is 17.6. The summed E-state index contributed by atoms with van der Waals surface area (Å²) in [6, 6.07) is 7.28. The van der Waals surface area contributed by atoms with E-state index in [0.717, 1.165) is 38.3 Å². The molecule has 36 heavy (non-hydrogen) atoms. The number of anilines is 1. The smallest absolute Gasteiger partial charge is 0.263 e. The maximum atomic E-state index is 14.6. The zero-order valence-corrected chi connectivity index (χ0v) is 20.0. The fourth-order valence-electron chi connectivity index (χ4n) is 4.49. The van der Waals surface area contributed by atoms with Gasteiger partial charge in [-0.3, -0.25) is 9.78 Å². The zero-order chi connectivity index (χ0) is 25.5. The number of nitrogens with two attached hydrogens (primary N) is 1. The van der Waals surface area contributed by atoms with Gasteiger partial charge in [-0.05, 0) is 50.0 Å². The lowest BCUT2D eigenvalue weighted by atomic mass is 10.1. The number of rotatable bonds is 8. The highest BCUT2D eigenvalue weighted by Gasteiger charge is 2.23. The summed E-state index contributed by atoms with van der Waals surface area (Å²) < 4.78 is 25.1. The Morgan fingerprint density at radius 3 is 3.00 bits per heavy atom. The summed E-state index contributed by atoms with van der Waals surface area (Å²) in [5, 5.41) is 12.7. The number of likely N-dealkylation sites (tertiary alicyclic amines) is 1. The Balaban J connectivity index is 0.00000148. The molecule has 0 aliphatic carbocycles. The molecule has 3 aromatic rings. The number of methoxy groups -OCH3 is 1. The quantitative estimate of drug-likeness (QED) is 0.336. The third kappa shape index (κ3) is 6.02. The molecule has 192 valence electrons. The van der Waals surface area contributed by atoms with Gasteiger partial charge in [-0.15, -0.1) is 0 Å². The molecule has 0 aromatic carbocycles. The summed E-state index contributed by atoms with van der Waals surface area (Å²) in [5.41, 5.74) is 2.67. The van der Waals surface area contributed by atoms with E-state index in [1.54, 1.807) is 19.2 Å². The van der Waals surface area contributed by atoms with Crippen LogP contribution in [0.25, 0.3) is 11.0 Å². The van der Waals surface area contributed by atoms with E-state index >= 15 is 0 Å². The van der Waals surface area contributed by atoms with Crippen molar-refractivity contribution < 1.29 is 23.9 Å². The summed E-state index contributed by atoms with van der Waals surface area (Å²) >= 11 is 0. The number of hydrogen-bond acceptors (Lipinski definition) is 10. The van der Waals surface area contributed by atoms with Gasteiger partial charge in [-0.25, -0.2) is 20.3 Å². The number of fused-ring (bicyclic) bond motifs is 2. The molecule has 11 nitrogen and oxygen atoms in total. The topological polar surface area (TPSA) is 148 Å². The lowest BCUT2D eigenvalue weighted by Crippen LogP contribution is -2.28. The first kappa shape index (κ1) is 25.6. The summed E-state index contributed by atoms with van der Waals surface area (Å²) in [7, 11) is 1.55. The number of ether oxygens (including phenoxy) is 2. The Morgan fingerprint density at radius 2 is 2.17 bits per heavy atom. The third-order valence-corrected chi connectivity index (χ3v) is 6.27. The molecular weight excluding hydrogens is 469 g/mol. The predicted molar refractivity (Wildman–Crippen MR) is 130 cm³/mol. The molecule has 12 heteroatoms. The van der Waals surface area contributed by atoms with Crippen LogP contribution in [0.5, 0.6) is 11.6 Å². The highest BCUT2D eigenvalue weighted by atomic mass is 19.1. The summed E-state index contributed by atoms with van der Waals surface area (Å²) in [6.07, 6.45) is 2.92. The second kappa shape index (κ2) is 12.0. The van der Waals surface area contributed by atoms with Crippen LogP contribution < -0.4 is 26.0 Å². The summed E-state index contributed by atoms with van der Waals surface area (Å²) in [4.78, 5) is 26.9. The van der Waals surface area contributed by atoms with Gasteiger partial charge in [-0.1, -0.05) is 0 Å². The number of pyridine rings is 3. The average Bonchev–Trinajstić information content (AvgIpc) is 3.36. The molecule has 0 saturated carbocycles. The van der Waals surface area contributed by atoms with Crippen molar-refractivity contribution in [2.45, 2.75) is 19.4 Å². The molecule has 2 aliphatic heterocycles. The first-order valence-electron chi connectivity index (χ1n) is 11.7. The third-order valence-electron chi connectivity index (χ3n) is 6.27. The van der Waals surface area contributed by atoms with Crippen molar-refractivity contribution in [2.24, 2.45) is 11.8 Å². The Bertz CT molecular complexity index is 1210. The van der Waals surface area contributed by atoms with E-state index in [1.165, 1.54) is 6.20 Å². The van der Waals surface area contributed by atoms with Crippen molar-refractivity contribution in [1.29, 1.82) is 0 Å². The van der Waals surface area contributed by atoms with E-state index in [4.69, 9.17) is 14.7 Å². The van der Waals surface area contributed by atoms with Gasteiger partial charge in [0.05, 0.1) is 30.0 Å². The van der Waals surface area contributed by atoms with Gasteiger partial charge in [-0.2, -0.15) is 0 Å². The standard InChI is InChI=1S/C24H27FN6O3.H3NO/c1-33-22-5-3-19-23(30-22)17(18(25)12-27-19)7-9-31-8-6-15(13-31)10-26-11-16-2-4-20-24(28-16)29-21(32)14-34-20;1-2/h2-5,12,15,26H,6-11,13-14H2,1H3,(H,28,29,32);2H,1H2/t15-;/m1./s1. The average molecular weight is 500 g/mol. The zero-order valence-electron chi connectivity index (χ0n) is 20.0. The van der Waals surface area contributed by atoms with Gasteiger partial charge in [0.2, 0.25) is 5.88 Å². The van der Waals surface area contributed by atoms with Crippen LogP contribution >= 0.6 is 0 Å². The Morgan fingerprint density at radius 1 is 1.31 bits per heavy atom. The molecule has 0 bridgehead atoms. The molecule has 3 aromatic heterocycles. The second-order valence-corrected chi connectivity index (χ2v) is 8.63. The molecule has 1 atom stereocenters. The fourth-order valence-corrected chi connectivity index (χ4v) is 4.49. The van der Waals surface area contributed by atoms with E-state index in [-0.39, 0.29) is 18.3 Å².